The number of imidazole rings is 1. The van der Waals surface area contributed by atoms with Crippen LogP contribution in [-0.2, 0) is 11.2 Å². The van der Waals surface area contributed by atoms with E-state index < -0.39 is 0 Å². The van der Waals surface area contributed by atoms with Crippen LogP contribution >= 0.6 is 0 Å². The third-order valence-electron chi connectivity index (χ3n) is 2.90. The maximum Gasteiger partial charge on any atom is 0.222 e. The third-order valence-corrected chi connectivity index (χ3v) is 2.90. The number of likely N-dealkylation sites (tertiary alicyclic amines) is 1. The van der Waals surface area contributed by atoms with Crippen molar-refractivity contribution in [2.24, 2.45) is 11.0 Å². The van der Waals surface area contributed by atoms with E-state index in [0.717, 1.165) is 12.1 Å². The highest BCUT2D eigenvalue weighted by Crippen LogP contribution is 2.18. The van der Waals surface area contributed by atoms with E-state index in [-0.39, 0.29) is 11.8 Å². The van der Waals surface area contributed by atoms with Gasteiger partial charge in [0.15, 0.2) is 0 Å². The number of aromatic nitrogens is 2. The molecule has 1 saturated heterocycles. The van der Waals surface area contributed by atoms with E-state index in [9.17, 15) is 4.79 Å². The van der Waals surface area contributed by atoms with E-state index in [1.54, 1.807) is 12.5 Å². The van der Waals surface area contributed by atoms with Crippen molar-refractivity contribution in [1.29, 1.82) is 0 Å². The fraction of sp³-hybridized carbons (Fsp3) is 0.600. The van der Waals surface area contributed by atoms with Gasteiger partial charge in [-0.3, -0.25) is 4.79 Å². The quantitative estimate of drug-likeness (QED) is 0.469. The van der Waals surface area contributed by atoms with Gasteiger partial charge in [-0.25, -0.2) is 4.98 Å². The van der Waals surface area contributed by atoms with Crippen molar-refractivity contribution in [1.82, 2.24) is 14.9 Å². The van der Waals surface area contributed by atoms with E-state index in [2.05, 4.69) is 20.0 Å². The van der Waals surface area contributed by atoms with Gasteiger partial charge in [0.05, 0.1) is 6.33 Å². The first kappa shape index (κ1) is 11.5. The Labute approximate surface area is 98.5 Å². The standard InChI is InChI=1S/C10H14N6O/c11-15-14-4-8-3-10(17)16(6-8)2-1-9-5-12-7-13-9/h5,7-8H,1-4,6H2,(H,12,13). The maximum absolute atomic E-state index is 11.7. The van der Waals surface area contributed by atoms with Gasteiger partial charge in [0.25, 0.3) is 0 Å². The van der Waals surface area contributed by atoms with Crippen LogP contribution in [0.15, 0.2) is 17.6 Å². The zero-order valence-electron chi connectivity index (χ0n) is 9.41. The monoisotopic (exact) mass is 234 g/mol. The minimum Gasteiger partial charge on any atom is -0.348 e. The van der Waals surface area contributed by atoms with Gasteiger partial charge in [-0.1, -0.05) is 5.11 Å². The van der Waals surface area contributed by atoms with Crippen LogP contribution in [0.4, 0.5) is 0 Å². The predicted octanol–water partition coefficient (Wildman–Crippen LogP) is 1.11. The van der Waals surface area contributed by atoms with Crippen molar-refractivity contribution in [2.45, 2.75) is 12.8 Å². The Morgan fingerprint density at radius 3 is 3.29 bits per heavy atom. The summed E-state index contributed by atoms with van der Waals surface area (Å²) in [5, 5.41) is 3.52. The van der Waals surface area contributed by atoms with E-state index in [0.29, 0.717) is 26.1 Å². The Bertz CT molecular complexity index is 422. The van der Waals surface area contributed by atoms with Crippen LogP contribution < -0.4 is 0 Å². The molecule has 1 aliphatic rings. The molecular weight excluding hydrogens is 220 g/mol. The van der Waals surface area contributed by atoms with Gasteiger partial charge in [-0.05, 0) is 11.4 Å². The van der Waals surface area contributed by atoms with Crippen molar-refractivity contribution in [3.63, 3.8) is 0 Å². The van der Waals surface area contributed by atoms with Crippen molar-refractivity contribution >= 4 is 5.91 Å². The molecule has 0 saturated carbocycles. The molecule has 17 heavy (non-hydrogen) atoms. The molecule has 2 heterocycles. The molecule has 0 spiro atoms. The minimum absolute atomic E-state index is 0.141. The number of nitrogens with one attached hydrogen (secondary N) is 1. The summed E-state index contributed by atoms with van der Waals surface area (Å²) in [6.07, 6.45) is 4.66. The summed E-state index contributed by atoms with van der Waals surface area (Å²) >= 11 is 0. The summed E-state index contributed by atoms with van der Waals surface area (Å²) < 4.78 is 0. The van der Waals surface area contributed by atoms with Crippen molar-refractivity contribution in [2.75, 3.05) is 19.6 Å². The van der Waals surface area contributed by atoms with Crippen molar-refractivity contribution in [3.8, 4) is 0 Å². The molecule has 0 bridgehead atoms. The molecule has 1 atom stereocenters. The number of azide groups is 1. The molecule has 7 nitrogen and oxygen atoms in total. The lowest BCUT2D eigenvalue weighted by atomic mass is 10.1. The van der Waals surface area contributed by atoms with Crippen LogP contribution in [0.3, 0.4) is 0 Å². The molecule has 1 N–H and O–H groups in total. The second-order valence-electron chi connectivity index (χ2n) is 4.15. The first-order valence-electron chi connectivity index (χ1n) is 5.55. The molecule has 0 aliphatic carbocycles. The van der Waals surface area contributed by atoms with Crippen molar-refractivity contribution in [3.05, 3.63) is 28.7 Å². The van der Waals surface area contributed by atoms with Gasteiger partial charge < -0.3 is 9.88 Å². The van der Waals surface area contributed by atoms with Gasteiger partial charge in [-0.2, -0.15) is 0 Å². The van der Waals surface area contributed by atoms with Gasteiger partial charge in [0.1, 0.15) is 0 Å². The summed E-state index contributed by atoms with van der Waals surface area (Å²) in [5.41, 5.74) is 9.26. The normalized spacial score (nSPS) is 19.4. The summed E-state index contributed by atoms with van der Waals surface area (Å²) in [5.74, 6) is 0.308. The van der Waals surface area contributed by atoms with Gasteiger partial charge >= 0.3 is 0 Å². The first-order chi connectivity index (χ1) is 8.29. The second-order valence-corrected chi connectivity index (χ2v) is 4.15. The summed E-state index contributed by atoms with van der Waals surface area (Å²) in [6, 6.07) is 0. The summed E-state index contributed by atoms with van der Waals surface area (Å²) in [4.78, 5) is 23.1. The minimum atomic E-state index is 0.141. The lowest BCUT2D eigenvalue weighted by Gasteiger charge is -2.15. The molecule has 1 aliphatic heterocycles. The van der Waals surface area contributed by atoms with E-state index in [1.165, 1.54) is 0 Å². The largest absolute Gasteiger partial charge is 0.348 e. The molecule has 7 heteroatoms. The Morgan fingerprint density at radius 2 is 2.59 bits per heavy atom. The number of aromatic amines is 1. The van der Waals surface area contributed by atoms with Gasteiger partial charge in [0, 0.05) is 49.3 Å². The number of nitrogens with zero attached hydrogens (tertiary/aromatic N) is 5. The Kier molecular flexibility index (Phi) is 3.62. The SMILES string of the molecule is [N-]=[N+]=NCC1CC(=O)N(CCc2cnc[nH]2)C1. The topological polar surface area (TPSA) is 97.8 Å². The van der Waals surface area contributed by atoms with Gasteiger partial charge in [-0.15, -0.1) is 0 Å². The predicted molar refractivity (Wildman–Crippen MR) is 61.0 cm³/mol. The van der Waals surface area contributed by atoms with Crippen LogP contribution in [0.2, 0.25) is 0 Å². The highest BCUT2D eigenvalue weighted by molar-refractivity contribution is 5.78. The van der Waals surface area contributed by atoms with E-state index >= 15 is 0 Å². The number of H-pyrrole nitrogens is 1. The molecule has 1 amide bonds. The highest BCUT2D eigenvalue weighted by Gasteiger charge is 2.28. The molecule has 0 aromatic carbocycles. The number of rotatable bonds is 5. The zero-order chi connectivity index (χ0) is 12.1. The number of carbonyl (C=O) groups is 1. The molecule has 0 radical (unpaired) electrons. The Balaban J connectivity index is 1.81. The lowest BCUT2D eigenvalue weighted by Crippen LogP contribution is -2.27. The summed E-state index contributed by atoms with van der Waals surface area (Å²) in [6.45, 7) is 1.78. The van der Waals surface area contributed by atoms with Crippen molar-refractivity contribution < 1.29 is 4.79 Å². The highest BCUT2D eigenvalue weighted by atomic mass is 16.2. The molecule has 1 aromatic heterocycles. The van der Waals surface area contributed by atoms with Crippen LogP contribution in [-0.4, -0.2) is 40.4 Å². The average Bonchev–Trinajstić information content (AvgIpc) is 2.93. The first-order valence-corrected chi connectivity index (χ1v) is 5.55. The molecule has 1 unspecified atom stereocenters. The number of amides is 1. The van der Waals surface area contributed by atoms with Crippen LogP contribution in [0.25, 0.3) is 10.4 Å². The molecular formula is C10H14N6O. The van der Waals surface area contributed by atoms with E-state index in [1.807, 2.05) is 4.90 Å². The van der Waals surface area contributed by atoms with Crippen LogP contribution in [0, 0.1) is 5.92 Å². The summed E-state index contributed by atoms with van der Waals surface area (Å²) in [7, 11) is 0. The number of hydrogen-bond acceptors (Lipinski definition) is 3. The fourth-order valence-electron chi connectivity index (χ4n) is 2.02. The van der Waals surface area contributed by atoms with E-state index in [4.69, 9.17) is 5.53 Å². The average molecular weight is 234 g/mol. The molecule has 1 aromatic rings. The number of carbonyl (C=O) groups excluding carboxylic acids is 1. The Morgan fingerprint density at radius 1 is 1.71 bits per heavy atom. The second kappa shape index (κ2) is 5.36. The zero-order valence-corrected chi connectivity index (χ0v) is 9.41. The van der Waals surface area contributed by atoms with Crippen LogP contribution in [0.1, 0.15) is 12.1 Å². The Hall–Kier alpha value is -2.01. The lowest BCUT2D eigenvalue weighted by molar-refractivity contribution is -0.127. The molecule has 2 rings (SSSR count). The fourth-order valence-corrected chi connectivity index (χ4v) is 2.02. The van der Waals surface area contributed by atoms with Gasteiger partial charge in [0.2, 0.25) is 5.91 Å². The number of hydrogen-bond donors (Lipinski definition) is 1. The maximum atomic E-state index is 11.7. The molecule has 1 fully saturated rings. The third kappa shape index (κ3) is 2.98. The van der Waals surface area contributed by atoms with Crippen LogP contribution in [0.5, 0.6) is 0 Å². The smallest absolute Gasteiger partial charge is 0.222 e. The molecule has 90 valence electrons.